The second-order valence-corrected chi connectivity index (χ2v) is 9.10. The number of carbonyl (C=O) groups is 1. The summed E-state index contributed by atoms with van der Waals surface area (Å²) >= 11 is 0. The molecule has 174 valence electrons. The summed E-state index contributed by atoms with van der Waals surface area (Å²) < 4.78 is 61.8. The summed E-state index contributed by atoms with van der Waals surface area (Å²) in [5, 5.41) is 2.65. The molecule has 1 aliphatic rings. The van der Waals surface area contributed by atoms with Crippen molar-refractivity contribution in [2.24, 2.45) is 0 Å². The van der Waals surface area contributed by atoms with Crippen LogP contribution >= 0.6 is 0 Å². The van der Waals surface area contributed by atoms with E-state index in [1.165, 1.54) is 46.8 Å². The van der Waals surface area contributed by atoms with Gasteiger partial charge in [-0.1, -0.05) is 0 Å². The first-order chi connectivity index (χ1) is 15.2. The van der Waals surface area contributed by atoms with Gasteiger partial charge in [0.05, 0.1) is 11.5 Å². The normalized spacial score (nSPS) is 15.5. The van der Waals surface area contributed by atoms with E-state index in [9.17, 15) is 22.0 Å². The molecule has 1 amide bonds. The standard InChI is InChI=1S/C21H25F2N3O5S/c1-3-30-19-14-15(4-9-18(19)31-21(22)23)20(27)24-16-5-7-17(8-6-16)32(28,29)26-12-10-25(2)11-13-26/h4-9,14,21H,3,10-13H2,1-2H3,(H,24,27). The number of benzene rings is 2. The SMILES string of the molecule is CCOc1cc(C(=O)Nc2ccc(S(=O)(=O)N3CCN(C)CC3)cc2)ccc1OC(F)F. The maximum atomic E-state index is 12.8. The summed E-state index contributed by atoms with van der Waals surface area (Å²) in [5.41, 5.74) is 0.558. The molecule has 0 bridgehead atoms. The Balaban J connectivity index is 1.71. The van der Waals surface area contributed by atoms with Gasteiger partial charge in [0.15, 0.2) is 11.5 Å². The molecule has 11 heteroatoms. The molecule has 8 nitrogen and oxygen atoms in total. The molecule has 1 aliphatic heterocycles. The van der Waals surface area contributed by atoms with Gasteiger partial charge in [-0.05, 0) is 56.4 Å². The molecule has 1 saturated heterocycles. The lowest BCUT2D eigenvalue weighted by Gasteiger charge is -2.31. The van der Waals surface area contributed by atoms with Crippen LogP contribution < -0.4 is 14.8 Å². The van der Waals surface area contributed by atoms with Crippen LogP contribution in [0.1, 0.15) is 17.3 Å². The van der Waals surface area contributed by atoms with Crippen molar-refractivity contribution < 1.29 is 31.5 Å². The van der Waals surface area contributed by atoms with E-state index < -0.39 is 22.5 Å². The van der Waals surface area contributed by atoms with Crippen molar-refractivity contribution in [1.82, 2.24) is 9.21 Å². The molecule has 1 fully saturated rings. The van der Waals surface area contributed by atoms with Crippen molar-refractivity contribution in [2.45, 2.75) is 18.4 Å². The lowest BCUT2D eigenvalue weighted by atomic mass is 10.2. The summed E-state index contributed by atoms with van der Waals surface area (Å²) in [6.45, 7) is 1.03. The predicted molar refractivity (Wildman–Crippen MR) is 115 cm³/mol. The number of amides is 1. The highest BCUT2D eigenvalue weighted by atomic mass is 32.2. The first kappa shape index (κ1) is 23.9. The molecule has 0 saturated carbocycles. The summed E-state index contributed by atoms with van der Waals surface area (Å²) in [5.74, 6) is -0.657. The molecule has 0 atom stereocenters. The molecular weight excluding hydrogens is 444 g/mol. The molecular formula is C21H25F2N3O5S. The number of alkyl halides is 2. The van der Waals surface area contributed by atoms with Crippen LogP contribution in [0.15, 0.2) is 47.4 Å². The maximum Gasteiger partial charge on any atom is 0.387 e. The van der Waals surface area contributed by atoms with E-state index in [1.54, 1.807) is 6.92 Å². The van der Waals surface area contributed by atoms with Crippen molar-refractivity contribution >= 4 is 21.6 Å². The molecule has 0 unspecified atom stereocenters. The minimum absolute atomic E-state index is 0.0223. The van der Waals surface area contributed by atoms with E-state index in [0.717, 1.165) is 0 Å². The van der Waals surface area contributed by atoms with Crippen LogP contribution in [0.5, 0.6) is 11.5 Å². The zero-order valence-corrected chi connectivity index (χ0v) is 18.6. The van der Waals surface area contributed by atoms with Crippen molar-refractivity contribution in [3.05, 3.63) is 48.0 Å². The Morgan fingerprint density at radius 2 is 1.72 bits per heavy atom. The highest BCUT2D eigenvalue weighted by Gasteiger charge is 2.27. The number of likely N-dealkylation sites (N-methyl/N-ethyl adjacent to an activating group) is 1. The Labute approximate surface area is 185 Å². The third kappa shape index (κ3) is 5.72. The quantitative estimate of drug-likeness (QED) is 0.640. The number of hydrogen-bond acceptors (Lipinski definition) is 6. The third-order valence-electron chi connectivity index (χ3n) is 4.93. The zero-order chi connectivity index (χ0) is 23.3. The van der Waals surface area contributed by atoms with Crippen LogP contribution in [0, 0.1) is 0 Å². The van der Waals surface area contributed by atoms with Crippen LogP contribution in [0.4, 0.5) is 14.5 Å². The Kier molecular flexibility index (Phi) is 7.64. The van der Waals surface area contributed by atoms with Gasteiger partial charge in [0.1, 0.15) is 0 Å². The highest BCUT2D eigenvalue weighted by molar-refractivity contribution is 7.89. The first-order valence-corrected chi connectivity index (χ1v) is 11.5. The number of halogens is 2. The van der Waals surface area contributed by atoms with Gasteiger partial charge in [0.25, 0.3) is 5.91 Å². The fourth-order valence-electron chi connectivity index (χ4n) is 3.20. The van der Waals surface area contributed by atoms with E-state index in [0.29, 0.717) is 31.9 Å². The van der Waals surface area contributed by atoms with Crippen molar-refractivity contribution in [3.8, 4) is 11.5 Å². The topological polar surface area (TPSA) is 88.2 Å². The Morgan fingerprint density at radius 1 is 1.06 bits per heavy atom. The van der Waals surface area contributed by atoms with Gasteiger partial charge in [0, 0.05) is 37.4 Å². The van der Waals surface area contributed by atoms with Gasteiger partial charge in [-0.2, -0.15) is 13.1 Å². The Bertz CT molecular complexity index is 1040. The average molecular weight is 470 g/mol. The predicted octanol–water partition coefficient (Wildman–Crippen LogP) is 2.88. The highest BCUT2D eigenvalue weighted by Crippen LogP contribution is 2.30. The minimum atomic E-state index is -3.61. The van der Waals surface area contributed by atoms with Gasteiger partial charge in [-0.3, -0.25) is 4.79 Å². The molecule has 0 aromatic heterocycles. The third-order valence-corrected chi connectivity index (χ3v) is 6.85. The summed E-state index contributed by atoms with van der Waals surface area (Å²) in [7, 11) is -1.66. The van der Waals surface area contributed by atoms with Gasteiger partial charge >= 0.3 is 6.61 Å². The van der Waals surface area contributed by atoms with Crippen LogP contribution in [0.2, 0.25) is 0 Å². The number of sulfonamides is 1. The summed E-state index contributed by atoms with van der Waals surface area (Å²) in [6, 6.07) is 9.75. The van der Waals surface area contributed by atoms with E-state index in [2.05, 4.69) is 15.0 Å². The second-order valence-electron chi connectivity index (χ2n) is 7.16. The van der Waals surface area contributed by atoms with Gasteiger partial charge in [-0.15, -0.1) is 0 Å². The first-order valence-electron chi connectivity index (χ1n) is 10.0. The molecule has 32 heavy (non-hydrogen) atoms. The van der Waals surface area contributed by atoms with Gasteiger partial charge < -0.3 is 19.7 Å². The fourth-order valence-corrected chi connectivity index (χ4v) is 4.62. The zero-order valence-electron chi connectivity index (χ0n) is 17.8. The van der Waals surface area contributed by atoms with Crippen LogP contribution in [0.3, 0.4) is 0 Å². The molecule has 1 heterocycles. The number of anilines is 1. The number of piperazine rings is 1. The van der Waals surface area contributed by atoms with Crippen LogP contribution in [0.25, 0.3) is 0 Å². The maximum absolute atomic E-state index is 12.8. The largest absolute Gasteiger partial charge is 0.490 e. The number of carbonyl (C=O) groups excluding carboxylic acids is 1. The lowest BCUT2D eigenvalue weighted by Crippen LogP contribution is -2.46. The minimum Gasteiger partial charge on any atom is -0.490 e. The summed E-state index contributed by atoms with van der Waals surface area (Å²) in [6.07, 6.45) is 0. The van der Waals surface area contributed by atoms with E-state index in [-0.39, 0.29) is 28.6 Å². The lowest BCUT2D eigenvalue weighted by molar-refractivity contribution is -0.0514. The molecule has 0 aliphatic carbocycles. The molecule has 0 spiro atoms. The molecule has 3 rings (SSSR count). The molecule has 2 aromatic rings. The van der Waals surface area contributed by atoms with Crippen molar-refractivity contribution in [1.29, 1.82) is 0 Å². The molecule has 1 N–H and O–H groups in total. The van der Waals surface area contributed by atoms with E-state index in [4.69, 9.17) is 4.74 Å². The number of hydrogen-bond donors (Lipinski definition) is 1. The van der Waals surface area contributed by atoms with E-state index >= 15 is 0 Å². The number of ether oxygens (including phenoxy) is 2. The van der Waals surface area contributed by atoms with Gasteiger partial charge in [-0.25, -0.2) is 8.42 Å². The monoisotopic (exact) mass is 469 g/mol. The smallest absolute Gasteiger partial charge is 0.387 e. The van der Waals surface area contributed by atoms with Crippen molar-refractivity contribution in [3.63, 3.8) is 0 Å². The summed E-state index contributed by atoms with van der Waals surface area (Å²) in [4.78, 5) is 14.8. The number of rotatable bonds is 8. The Hall–Kier alpha value is -2.76. The van der Waals surface area contributed by atoms with E-state index in [1.807, 2.05) is 7.05 Å². The van der Waals surface area contributed by atoms with Crippen molar-refractivity contribution in [2.75, 3.05) is 45.2 Å². The molecule has 0 radical (unpaired) electrons. The second kappa shape index (κ2) is 10.2. The van der Waals surface area contributed by atoms with Gasteiger partial charge in [0.2, 0.25) is 10.0 Å². The molecule has 2 aromatic carbocycles. The number of nitrogens with zero attached hydrogens (tertiary/aromatic N) is 2. The average Bonchev–Trinajstić information content (AvgIpc) is 2.75. The van der Waals surface area contributed by atoms with Crippen LogP contribution in [-0.4, -0.2) is 70.0 Å². The van der Waals surface area contributed by atoms with Crippen LogP contribution in [-0.2, 0) is 10.0 Å². The Morgan fingerprint density at radius 3 is 2.31 bits per heavy atom. The fraction of sp³-hybridized carbons (Fsp3) is 0.381. The number of nitrogens with one attached hydrogen (secondary N) is 1.